The number of methoxy groups -OCH3 is 1. The van der Waals surface area contributed by atoms with Crippen LogP contribution >= 0.6 is 0 Å². The van der Waals surface area contributed by atoms with E-state index in [-0.39, 0.29) is 18.6 Å². The summed E-state index contributed by atoms with van der Waals surface area (Å²) < 4.78 is 4.26. The molecule has 4 nitrogen and oxygen atoms in total. The van der Waals surface area contributed by atoms with Crippen LogP contribution in [0.3, 0.4) is 0 Å². The number of carbonyl (C=O) groups excluding carboxylic acids is 3. The van der Waals surface area contributed by atoms with E-state index in [1.165, 1.54) is 7.11 Å². The molecule has 0 N–H and O–H groups in total. The summed E-state index contributed by atoms with van der Waals surface area (Å²) in [5, 5.41) is 0. The van der Waals surface area contributed by atoms with Gasteiger partial charge in [0.15, 0.2) is 5.78 Å². The smallest absolute Gasteiger partial charge is 0.330 e. The van der Waals surface area contributed by atoms with Crippen LogP contribution in [0.5, 0.6) is 0 Å². The van der Waals surface area contributed by atoms with Gasteiger partial charge >= 0.3 is 5.97 Å². The first-order valence-corrected chi connectivity index (χ1v) is 3.43. The van der Waals surface area contributed by atoms with Crippen LogP contribution < -0.4 is 0 Å². The van der Waals surface area contributed by atoms with Gasteiger partial charge in [-0.25, -0.2) is 4.79 Å². The maximum Gasteiger partial charge on any atom is 0.330 e. The standard InChI is InChI=1S/C8H10O4/c1-12-8(11)5-4-7(10)3-2-6-9/h4-6H,2-3H2,1H3/b5-4+. The van der Waals surface area contributed by atoms with Gasteiger partial charge in [0, 0.05) is 18.9 Å². The molecule has 0 heterocycles. The molecule has 0 bridgehead atoms. The molecule has 0 saturated heterocycles. The van der Waals surface area contributed by atoms with Gasteiger partial charge in [0.2, 0.25) is 0 Å². The minimum absolute atomic E-state index is 0.136. The Bertz CT molecular complexity index is 205. The van der Waals surface area contributed by atoms with Crippen molar-refractivity contribution < 1.29 is 19.1 Å². The monoisotopic (exact) mass is 170 g/mol. The third kappa shape index (κ3) is 5.34. The van der Waals surface area contributed by atoms with E-state index in [9.17, 15) is 14.4 Å². The largest absolute Gasteiger partial charge is 0.466 e. The van der Waals surface area contributed by atoms with Gasteiger partial charge < -0.3 is 9.53 Å². The average Bonchev–Trinajstić information content (AvgIpc) is 2.10. The molecule has 0 fully saturated rings. The molecule has 0 atom stereocenters. The number of ketones is 1. The molecule has 0 saturated carbocycles. The molecule has 0 aromatic rings. The molecule has 12 heavy (non-hydrogen) atoms. The quantitative estimate of drug-likeness (QED) is 0.337. The Morgan fingerprint density at radius 3 is 2.50 bits per heavy atom. The summed E-state index contributed by atoms with van der Waals surface area (Å²) in [6.45, 7) is 0. The van der Waals surface area contributed by atoms with Crippen molar-refractivity contribution in [2.24, 2.45) is 0 Å². The molecule has 0 aromatic carbocycles. The lowest BCUT2D eigenvalue weighted by atomic mass is 10.2. The van der Waals surface area contributed by atoms with Crippen LogP contribution in [0.1, 0.15) is 12.8 Å². The van der Waals surface area contributed by atoms with Crippen LogP contribution in [-0.4, -0.2) is 25.1 Å². The van der Waals surface area contributed by atoms with Crippen LogP contribution in [0.25, 0.3) is 0 Å². The molecule has 0 aliphatic heterocycles. The summed E-state index contributed by atoms with van der Waals surface area (Å²) >= 11 is 0. The zero-order valence-electron chi connectivity index (χ0n) is 6.78. The second kappa shape index (κ2) is 6.27. The van der Waals surface area contributed by atoms with Crippen molar-refractivity contribution in [3.05, 3.63) is 12.2 Å². The molecule has 0 aromatic heterocycles. The van der Waals surface area contributed by atoms with Crippen LogP contribution in [-0.2, 0) is 19.1 Å². The minimum Gasteiger partial charge on any atom is -0.466 e. The Hall–Kier alpha value is -1.45. The van der Waals surface area contributed by atoms with Gasteiger partial charge in [-0.1, -0.05) is 0 Å². The molecule has 0 spiro atoms. The highest BCUT2D eigenvalue weighted by Gasteiger charge is 1.97. The fraction of sp³-hybridized carbons (Fsp3) is 0.375. The molecule has 66 valence electrons. The highest BCUT2D eigenvalue weighted by atomic mass is 16.5. The van der Waals surface area contributed by atoms with E-state index in [0.29, 0.717) is 6.29 Å². The summed E-state index contributed by atoms with van der Waals surface area (Å²) in [6, 6.07) is 0. The second-order valence-corrected chi connectivity index (χ2v) is 2.03. The van der Waals surface area contributed by atoms with Crippen LogP contribution in [0.15, 0.2) is 12.2 Å². The third-order valence-electron chi connectivity index (χ3n) is 1.12. The van der Waals surface area contributed by atoms with Crippen molar-refractivity contribution in [2.75, 3.05) is 7.11 Å². The number of ether oxygens (including phenoxy) is 1. The van der Waals surface area contributed by atoms with E-state index in [1.54, 1.807) is 0 Å². The molecular formula is C8H10O4. The maximum atomic E-state index is 10.8. The normalized spacial score (nSPS) is 9.75. The van der Waals surface area contributed by atoms with Crippen molar-refractivity contribution in [2.45, 2.75) is 12.8 Å². The van der Waals surface area contributed by atoms with Gasteiger partial charge in [-0.05, 0) is 6.08 Å². The molecule has 0 amide bonds. The van der Waals surface area contributed by atoms with E-state index >= 15 is 0 Å². The van der Waals surface area contributed by atoms with Gasteiger partial charge in [-0.3, -0.25) is 4.79 Å². The van der Waals surface area contributed by atoms with Crippen LogP contribution in [0, 0.1) is 0 Å². The lowest BCUT2D eigenvalue weighted by Gasteiger charge is -1.89. The van der Waals surface area contributed by atoms with Crippen molar-refractivity contribution in [3.63, 3.8) is 0 Å². The molecule has 0 unspecified atom stereocenters. The fourth-order valence-corrected chi connectivity index (χ4v) is 0.514. The predicted octanol–water partition coefficient (Wildman–Crippen LogP) is 0.264. The summed E-state index contributed by atoms with van der Waals surface area (Å²) in [6.07, 6.45) is 3.12. The zero-order valence-corrected chi connectivity index (χ0v) is 6.78. The van der Waals surface area contributed by atoms with E-state index in [1.807, 2.05) is 0 Å². The van der Waals surface area contributed by atoms with Crippen LogP contribution in [0.4, 0.5) is 0 Å². The Kier molecular flexibility index (Phi) is 5.51. The number of esters is 1. The van der Waals surface area contributed by atoms with Gasteiger partial charge in [-0.2, -0.15) is 0 Å². The third-order valence-corrected chi connectivity index (χ3v) is 1.12. The summed E-state index contributed by atoms with van der Waals surface area (Å²) in [5.41, 5.74) is 0. The lowest BCUT2D eigenvalue weighted by Crippen LogP contribution is -1.98. The number of rotatable bonds is 5. The first kappa shape index (κ1) is 10.6. The molecule has 0 radical (unpaired) electrons. The predicted molar refractivity (Wildman–Crippen MR) is 41.5 cm³/mol. The number of aldehydes is 1. The van der Waals surface area contributed by atoms with Gasteiger partial charge in [0.1, 0.15) is 6.29 Å². The van der Waals surface area contributed by atoms with E-state index in [4.69, 9.17) is 0 Å². The Morgan fingerprint density at radius 1 is 1.33 bits per heavy atom. The van der Waals surface area contributed by atoms with Crippen molar-refractivity contribution in [3.8, 4) is 0 Å². The Morgan fingerprint density at radius 2 is 2.00 bits per heavy atom. The second-order valence-electron chi connectivity index (χ2n) is 2.03. The molecule has 0 aliphatic carbocycles. The number of carbonyl (C=O) groups is 3. The van der Waals surface area contributed by atoms with Crippen molar-refractivity contribution in [1.29, 1.82) is 0 Å². The molecule has 4 heteroatoms. The fourth-order valence-electron chi connectivity index (χ4n) is 0.514. The first-order valence-electron chi connectivity index (χ1n) is 3.43. The highest BCUT2D eigenvalue weighted by molar-refractivity contribution is 5.96. The number of hydrogen-bond acceptors (Lipinski definition) is 4. The first-order chi connectivity index (χ1) is 5.70. The molecule has 0 rings (SSSR count). The number of allylic oxidation sites excluding steroid dienone is 1. The molecular weight excluding hydrogens is 160 g/mol. The minimum atomic E-state index is -0.575. The number of hydrogen-bond donors (Lipinski definition) is 0. The highest BCUT2D eigenvalue weighted by Crippen LogP contribution is 1.89. The topological polar surface area (TPSA) is 60.4 Å². The SMILES string of the molecule is COC(=O)/C=C/C(=O)CCC=O. The van der Waals surface area contributed by atoms with Gasteiger partial charge in [0.25, 0.3) is 0 Å². The lowest BCUT2D eigenvalue weighted by molar-refractivity contribution is -0.135. The molecule has 0 aliphatic rings. The van der Waals surface area contributed by atoms with Crippen molar-refractivity contribution >= 4 is 18.0 Å². The van der Waals surface area contributed by atoms with E-state index < -0.39 is 5.97 Å². The van der Waals surface area contributed by atoms with Gasteiger partial charge in [-0.15, -0.1) is 0 Å². The Balaban J connectivity index is 3.75. The average molecular weight is 170 g/mol. The summed E-state index contributed by atoms with van der Waals surface area (Å²) in [5.74, 6) is -0.832. The van der Waals surface area contributed by atoms with Crippen molar-refractivity contribution in [1.82, 2.24) is 0 Å². The summed E-state index contributed by atoms with van der Waals surface area (Å²) in [4.78, 5) is 31.1. The van der Waals surface area contributed by atoms with Gasteiger partial charge in [0.05, 0.1) is 7.11 Å². The maximum absolute atomic E-state index is 10.8. The van der Waals surface area contributed by atoms with E-state index in [2.05, 4.69) is 4.74 Å². The zero-order chi connectivity index (χ0) is 9.40. The van der Waals surface area contributed by atoms with Crippen LogP contribution in [0.2, 0.25) is 0 Å². The summed E-state index contributed by atoms with van der Waals surface area (Å²) in [7, 11) is 1.22. The van der Waals surface area contributed by atoms with E-state index in [0.717, 1.165) is 12.2 Å². The Labute approximate surface area is 70.2 Å².